The number of aromatic nitrogens is 1. The number of halogens is 1. The van der Waals surface area contributed by atoms with E-state index in [0.29, 0.717) is 23.1 Å². The van der Waals surface area contributed by atoms with Gasteiger partial charge in [0.1, 0.15) is 0 Å². The molecule has 0 radical (unpaired) electrons. The van der Waals surface area contributed by atoms with E-state index in [-0.39, 0.29) is 18.7 Å². The molecule has 122 valence electrons. The number of aryl methyl sites for hydroxylation is 1. The summed E-state index contributed by atoms with van der Waals surface area (Å²) in [4.78, 5) is 26.4. The van der Waals surface area contributed by atoms with Crippen molar-refractivity contribution in [2.45, 2.75) is 32.2 Å². The van der Waals surface area contributed by atoms with Crippen LogP contribution in [0.5, 0.6) is 0 Å². The molecule has 0 fully saturated rings. The molecule has 7 heteroatoms. The summed E-state index contributed by atoms with van der Waals surface area (Å²) in [6.45, 7) is 1.65. The summed E-state index contributed by atoms with van der Waals surface area (Å²) < 4.78 is 5.60. The molecule has 6 nitrogen and oxygen atoms in total. The number of carboxylic acids is 1. The maximum absolute atomic E-state index is 11.7. The lowest BCUT2D eigenvalue weighted by molar-refractivity contribution is -0.137. The van der Waals surface area contributed by atoms with E-state index in [4.69, 9.17) is 21.1 Å². The SMILES string of the molecule is CC(CC(=O)O)NC(=O)CCc1ncc(-c2ccccc2Cl)o1. The summed E-state index contributed by atoms with van der Waals surface area (Å²) in [5.74, 6) is -0.211. The zero-order chi connectivity index (χ0) is 16.8. The summed E-state index contributed by atoms with van der Waals surface area (Å²) in [5.41, 5.74) is 0.743. The predicted molar refractivity (Wildman–Crippen MR) is 85.1 cm³/mol. The second-order valence-electron chi connectivity index (χ2n) is 5.16. The van der Waals surface area contributed by atoms with Gasteiger partial charge in [-0.15, -0.1) is 0 Å². The van der Waals surface area contributed by atoms with E-state index in [2.05, 4.69) is 10.3 Å². The molecule has 1 amide bonds. The lowest BCUT2D eigenvalue weighted by Crippen LogP contribution is -2.34. The Labute approximate surface area is 138 Å². The van der Waals surface area contributed by atoms with E-state index in [1.807, 2.05) is 18.2 Å². The summed E-state index contributed by atoms with van der Waals surface area (Å²) in [6.07, 6.45) is 1.96. The maximum atomic E-state index is 11.7. The van der Waals surface area contributed by atoms with Crippen LogP contribution in [-0.2, 0) is 16.0 Å². The number of aliphatic carboxylic acids is 1. The molecule has 1 aromatic carbocycles. The molecule has 1 aromatic heterocycles. The van der Waals surface area contributed by atoms with Crippen molar-refractivity contribution in [2.24, 2.45) is 0 Å². The number of rotatable bonds is 7. The number of carbonyl (C=O) groups is 2. The van der Waals surface area contributed by atoms with E-state index in [0.717, 1.165) is 5.56 Å². The molecule has 0 spiro atoms. The number of oxazole rings is 1. The Bertz CT molecular complexity index is 699. The molecule has 0 aliphatic carbocycles. The Morgan fingerprint density at radius 3 is 2.83 bits per heavy atom. The number of benzene rings is 1. The molecule has 0 saturated heterocycles. The van der Waals surface area contributed by atoms with E-state index >= 15 is 0 Å². The summed E-state index contributed by atoms with van der Waals surface area (Å²) >= 11 is 6.09. The fraction of sp³-hybridized carbons (Fsp3) is 0.312. The van der Waals surface area contributed by atoms with Gasteiger partial charge in [0, 0.05) is 24.4 Å². The quantitative estimate of drug-likeness (QED) is 0.811. The molecule has 1 atom stereocenters. The van der Waals surface area contributed by atoms with E-state index < -0.39 is 12.0 Å². The highest BCUT2D eigenvalue weighted by Crippen LogP contribution is 2.28. The number of carbonyl (C=O) groups excluding carboxylic acids is 1. The second-order valence-corrected chi connectivity index (χ2v) is 5.57. The first-order chi connectivity index (χ1) is 11.0. The molecule has 0 aliphatic rings. The van der Waals surface area contributed by atoms with Crippen molar-refractivity contribution >= 4 is 23.5 Å². The average Bonchev–Trinajstić information content (AvgIpc) is 2.93. The minimum Gasteiger partial charge on any atom is -0.481 e. The van der Waals surface area contributed by atoms with Crippen molar-refractivity contribution in [1.29, 1.82) is 0 Å². The number of nitrogens with zero attached hydrogens (tertiary/aromatic N) is 1. The van der Waals surface area contributed by atoms with Gasteiger partial charge in [-0.25, -0.2) is 4.98 Å². The smallest absolute Gasteiger partial charge is 0.305 e. The molecule has 1 unspecified atom stereocenters. The van der Waals surface area contributed by atoms with Crippen LogP contribution < -0.4 is 5.32 Å². The molecular weight excluding hydrogens is 320 g/mol. The lowest BCUT2D eigenvalue weighted by Gasteiger charge is -2.10. The summed E-state index contributed by atoms with van der Waals surface area (Å²) in [7, 11) is 0. The van der Waals surface area contributed by atoms with Crippen LogP contribution in [0, 0.1) is 0 Å². The van der Waals surface area contributed by atoms with Crippen molar-refractivity contribution in [2.75, 3.05) is 0 Å². The van der Waals surface area contributed by atoms with Crippen molar-refractivity contribution in [3.63, 3.8) is 0 Å². The van der Waals surface area contributed by atoms with E-state index in [1.54, 1.807) is 19.2 Å². The third-order valence-corrected chi connectivity index (χ3v) is 3.48. The van der Waals surface area contributed by atoms with Crippen molar-refractivity contribution < 1.29 is 19.1 Å². The standard InChI is InChI=1S/C16H17ClN2O4/c1-10(8-16(21)22)19-14(20)6-7-15-18-9-13(23-15)11-4-2-3-5-12(11)17/h2-5,9-10H,6-8H2,1H3,(H,19,20)(H,21,22). The number of carboxylic acid groups (broad SMARTS) is 1. The Hall–Kier alpha value is -2.34. The first-order valence-electron chi connectivity index (χ1n) is 7.16. The van der Waals surface area contributed by atoms with Gasteiger partial charge in [-0.05, 0) is 19.1 Å². The van der Waals surface area contributed by atoms with Crippen LogP contribution in [0.25, 0.3) is 11.3 Å². The van der Waals surface area contributed by atoms with Crippen LogP contribution in [0.4, 0.5) is 0 Å². The second kappa shape index (κ2) is 7.78. The van der Waals surface area contributed by atoms with E-state index in [1.165, 1.54) is 0 Å². The highest BCUT2D eigenvalue weighted by molar-refractivity contribution is 6.33. The fourth-order valence-electron chi connectivity index (χ4n) is 2.09. The van der Waals surface area contributed by atoms with Gasteiger partial charge in [-0.2, -0.15) is 0 Å². The van der Waals surface area contributed by atoms with Crippen LogP contribution >= 0.6 is 11.6 Å². The Morgan fingerprint density at radius 2 is 2.13 bits per heavy atom. The van der Waals surface area contributed by atoms with Crippen LogP contribution in [0.2, 0.25) is 5.02 Å². The topological polar surface area (TPSA) is 92.4 Å². The van der Waals surface area contributed by atoms with Gasteiger partial charge in [0.25, 0.3) is 0 Å². The molecule has 1 heterocycles. The third-order valence-electron chi connectivity index (χ3n) is 3.15. The Morgan fingerprint density at radius 1 is 1.39 bits per heavy atom. The van der Waals surface area contributed by atoms with Gasteiger partial charge in [0.05, 0.1) is 17.6 Å². The Balaban J connectivity index is 1.89. The van der Waals surface area contributed by atoms with Gasteiger partial charge in [0.2, 0.25) is 5.91 Å². The monoisotopic (exact) mass is 336 g/mol. The molecule has 2 N–H and O–H groups in total. The van der Waals surface area contributed by atoms with Gasteiger partial charge in [0.15, 0.2) is 11.7 Å². The van der Waals surface area contributed by atoms with E-state index in [9.17, 15) is 9.59 Å². The average molecular weight is 337 g/mol. The normalized spacial score (nSPS) is 11.9. The van der Waals surface area contributed by atoms with Gasteiger partial charge < -0.3 is 14.8 Å². The summed E-state index contributed by atoms with van der Waals surface area (Å²) in [6, 6.07) is 6.85. The number of amides is 1. The largest absolute Gasteiger partial charge is 0.481 e. The van der Waals surface area contributed by atoms with Gasteiger partial charge in [-0.3, -0.25) is 9.59 Å². The number of hydrogen-bond donors (Lipinski definition) is 2. The zero-order valence-corrected chi connectivity index (χ0v) is 13.3. The van der Waals surface area contributed by atoms with Crippen molar-refractivity contribution in [1.82, 2.24) is 10.3 Å². The lowest BCUT2D eigenvalue weighted by atomic mass is 10.2. The van der Waals surface area contributed by atoms with Crippen LogP contribution in [0.15, 0.2) is 34.9 Å². The predicted octanol–water partition coefficient (Wildman–Crippen LogP) is 2.91. The minimum atomic E-state index is -0.949. The third kappa shape index (κ3) is 5.10. The van der Waals surface area contributed by atoms with Crippen LogP contribution in [-0.4, -0.2) is 28.0 Å². The maximum Gasteiger partial charge on any atom is 0.305 e. The van der Waals surface area contributed by atoms with Gasteiger partial charge in [-0.1, -0.05) is 23.7 Å². The molecule has 0 bridgehead atoms. The van der Waals surface area contributed by atoms with Crippen molar-refractivity contribution in [3.05, 3.63) is 41.4 Å². The number of nitrogens with one attached hydrogen (secondary N) is 1. The van der Waals surface area contributed by atoms with Crippen LogP contribution in [0.3, 0.4) is 0 Å². The number of hydrogen-bond acceptors (Lipinski definition) is 4. The molecule has 0 saturated carbocycles. The van der Waals surface area contributed by atoms with Crippen molar-refractivity contribution in [3.8, 4) is 11.3 Å². The van der Waals surface area contributed by atoms with Gasteiger partial charge >= 0.3 is 5.97 Å². The summed E-state index contributed by atoms with van der Waals surface area (Å²) in [5, 5.41) is 11.8. The highest BCUT2D eigenvalue weighted by Gasteiger charge is 2.13. The molecular formula is C16H17ClN2O4. The van der Waals surface area contributed by atoms with Crippen LogP contribution in [0.1, 0.15) is 25.7 Å². The minimum absolute atomic E-state index is 0.110. The molecule has 2 rings (SSSR count). The molecule has 0 aliphatic heterocycles. The first kappa shape index (κ1) is 17.0. The molecule has 2 aromatic rings. The highest BCUT2D eigenvalue weighted by atomic mass is 35.5. The fourth-order valence-corrected chi connectivity index (χ4v) is 2.32. The Kier molecular flexibility index (Phi) is 5.76. The molecule has 23 heavy (non-hydrogen) atoms. The first-order valence-corrected chi connectivity index (χ1v) is 7.54. The zero-order valence-electron chi connectivity index (χ0n) is 12.6.